The summed E-state index contributed by atoms with van der Waals surface area (Å²) in [5.41, 5.74) is 0.422. The number of anilines is 2. The number of halogens is 12. The van der Waals surface area contributed by atoms with E-state index >= 15 is 0 Å². The normalized spacial score (nSPS) is 19.8. The van der Waals surface area contributed by atoms with Crippen LogP contribution in [0.3, 0.4) is 0 Å². The number of thiocarbonyl (C=S) groups is 2. The fourth-order valence-electron chi connectivity index (χ4n) is 10.4. The van der Waals surface area contributed by atoms with Crippen LogP contribution >= 0.6 is 24.4 Å². The molecule has 0 spiro atoms. The van der Waals surface area contributed by atoms with Crippen LogP contribution in [-0.2, 0) is 0 Å². The van der Waals surface area contributed by atoms with Crippen molar-refractivity contribution in [1.29, 1.82) is 0 Å². The van der Waals surface area contributed by atoms with Crippen molar-refractivity contribution in [3.8, 4) is 34.5 Å². The zero-order valence-corrected chi connectivity index (χ0v) is 50.8. The van der Waals surface area contributed by atoms with E-state index in [1.54, 1.807) is 12.1 Å². The summed E-state index contributed by atoms with van der Waals surface area (Å²) in [6.45, 7) is 8.71. The molecule has 496 valence electrons. The number of piperazine rings is 2. The molecule has 31 heteroatoms. The Morgan fingerprint density at radius 2 is 0.911 bits per heavy atom. The summed E-state index contributed by atoms with van der Waals surface area (Å²) in [7, 11) is 4.08. The van der Waals surface area contributed by atoms with Gasteiger partial charge in [-0.25, -0.2) is 0 Å². The number of ketones is 1. The molecule has 2 heterocycles. The quantitative estimate of drug-likeness (QED) is 0.0304. The average Bonchev–Trinajstić information content (AvgIpc) is 1.02. The molecule has 4 aromatic rings. The molecule has 4 fully saturated rings. The highest BCUT2D eigenvalue weighted by molar-refractivity contribution is 7.80. The molecule has 0 atom stereocenters. The van der Waals surface area contributed by atoms with Crippen molar-refractivity contribution in [3.05, 3.63) is 96.1 Å². The van der Waals surface area contributed by atoms with Gasteiger partial charge in [-0.2, -0.15) is 0 Å². The summed E-state index contributed by atoms with van der Waals surface area (Å²) in [6, 6.07) is 17.8. The van der Waals surface area contributed by atoms with Crippen LogP contribution in [0.15, 0.2) is 84.9 Å². The SMILES string of the molecule is CN1CCN(CCCC(=O)c2cc(OC(F)(F)F)ccc2OC2CCC(NC(=S)Nc3cccc(OC(F)(F)F)c3)CC2)CC1.CN1CCN(CCNC(=O)c2cc(OC3CCC(NC(=S)Nc4cccc(OC(F)(F)F)c4)CC3)ccc2OC(F)(F)F)CC1. The highest BCUT2D eigenvalue weighted by Gasteiger charge is 2.36. The van der Waals surface area contributed by atoms with Crippen LogP contribution in [0.5, 0.6) is 34.5 Å². The second-order valence-corrected chi connectivity index (χ2v) is 22.8. The molecule has 4 aromatic carbocycles. The molecule has 1 amide bonds. The van der Waals surface area contributed by atoms with Crippen molar-refractivity contribution < 1.29 is 90.7 Å². The lowest BCUT2D eigenvalue weighted by Crippen LogP contribution is -2.46. The summed E-state index contributed by atoms with van der Waals surface area (Å²) in [4.78, 5) is 35.0. The van der Waals surface area contributed by atoms with E-state index in [-0.39, 0.29) is 87.4 Å². The van der Waals surface area contributed by atoms with Crippen LogP contribution in [0, 0.1) is 0 Å². The molecular weight excluding hydrogens is 1250 g/mol. The zero-order valence-electron chi connectivity index (χ0n) is 49.1. The van der Waals surface area contributed by atoms with Gasteiger partial charge < -0.3 is 69.7 Å². The van der Waals surface area contributed by atoms with Crippen molar-refractivity contribution in [2.75, 3.05) is 96.7 Å². The van der Waals surface area contributed by atoms with E-state index in [4.69, 9.17) is 33.9 Å². The standard InChI is InChI=1S/C30H36F6N4O4S.C29H35F6N5O4S/c1-39-14-16-40(17-15-39)13-3-6-26(41)25-19-24(44-30(34,35)36)11-12-27(25)42-22-9-7-20(8-10-22)37-28(45)38-21-4-2-5-23(18-21)43-29(31,32)33;1-39-13-15-40(16-14-39)12-11-36-26(41)24-18-22(9-10-25(24)44-29(33,34)35)42-21-7-5-19(6-8-21)37-27(45)38-20-3-2-4-23(17-20)43-28(30,31)32/h2,4-5,11-12,18-20,22H,3,6-10,13-17H2,1H3,(H2,37,38,45);2-4,9-10,17-19,21H,5-8,11-16H2,1H3,(H,36,41)(H2,37,38,45). The Labute approximate surface area is 523 Å². The molecule has 2 saturated carbocycles. The number of hydrogen-bond donors (Lipinski definition) is 5. The van der Waals surface area contributed by atoms with E-state index in [0.29, 0.717) is 75.7 Å². The zero-order chi connectivity index (χ0) is 65.2. The number of amides is 1. The molecular formula is C59H71F12N9O8S2. The molecule has 0 radical (unpaired) electrons. The maximum atomic E-state index is 13.2. The number of nitrogens with zero attached hydrogens (tertiary/aromatic N) is 4. The lowest BCUT2D eigenvalue weighted by atomic mass is 9.93. The lowest BCUT2D eigenvalue weighted by Gasteiger charge is -2.32. The molecule has 4 aliphatic rings. The summed E-state index contributed by atoms with van der Waals surface area (Å²) >= 11 is 10.6. The predicted octanol–water partition coefficient (Wildman–Crippen LogP) is 11.5. The lowest BCUT2D eigenvalue weighted by molar-refractivity contribution is -0.275. The van der Waals surface area contributed by atoms with E-state index in [1.807, 2.05) is 7.05 Å². The summed E-state index contributed by atoms with van der Waals surface area (Å²) < 4.78 is 181. The maximum absolute atomic E-state index is 13.2. The Hall–Kier alpha value is -6.80. The summed E-state index contributed by atoms with van der Waals surface area (Å²) in [5.74, 6) is -2.41. The molecule has 0 unspecified atom stereocenters. The second-order valence-electron chi connectivity index (χ2n) is 22.0. The second kappa shape index (κ2) is 32.5. The van der Waals surface area contributed by atoms with E-state index in [1.165, 1.54) is 54.6 Å². The molecule has 2 saturated heterocycles. The van der Waals surface area contributed by atoms with Gasteiger partial charge in [0.1, 0.15) is 34.5 Å². The van der Waals surface area contributed by atoms with Crippen LogP contribution in [0.4, 0.5) is 64.1 Å². The van der Waals surface area contributed by atoms with E-state index < -0.39 is 42.9 Å². The number of carbonyl (C=O) groups excluding carboxylic acids is 2. The van der Waals surface area contributed by atoms with E-state index in [2.05, 4.69) is 72.2 Å². The van der Waals surface area contributed by atoms with Crippen molar-refractivity contribution >= 4 is 57.7 Å². The summed E-state index contributed by atoms with van der Waals surface area (Å²) in [5, 5.41) is 15.1. The first-order valence-electron chi connectivity index (χ1n) is 29.1. The molecule has 0 aromatic heterocycles. The van der Waals surface area contributed by atoms with Gasteiger partial charge in [0.05, 0.1) is 23.3 Å². The molecule has 2 aliphatic heterocycles. The highest BCUT2D eigenvalue weighted by Crippen LogP contribution is 2.35. The van der Waals surface area contributed by atoms with Crippen LogP contribution in [0.25, 0.3) is 0 Å². The minimum Gasteiger partial charge on any atom is -0.490 e. The number of ether oxygens (including phenoxy) is 6. The van der Waals surface area contributed by atoms with Gasteiger partial charge in [-0.3, -0.25) is 14.5 Å². The van der Waals surface area contributed by atoms with Gasteiger partial charge in [0, 0.05) is 107 Å². The van der Waals surface area contributed by atoms with Crippen molar-refractivity contribution in [1.82, 2.24) is 35.6 Å². The van der Waals surface area contributed by atoms with E-state index in [0.717, 1.165) is 77.1 Å². The summed E-state index contributed by atoms with van der Waals surface area (Å²) in [6.07, 6.45) is -14.5. The Morgan fingerprint density at radius 1 is 0.489 bits per heavy atom. The first kappa shape index (κ1) is 70.7. The maximum Gasteiger partial charge on any atom is 0.573 e. The molecule has 8 rings (SSSR count). The molecule has 17 nitrogen and oxygen atoms in total. The van der Waals surface area contributed by atoms with E-state index in [9.17, 15) is 62.3 Å². The molecule has 90 heavy (non-hydrogen) atoms. The van der Waals surface area contributed by atoms with Gasteiger partial charge in [0.15, 0.2) is 16.0 Å². The van der Waals surface area contributed by atoms with Crippen LogP contribution in [-0.4, -0.2) is 177 Å². The predicted molar refractivity (Wildman–Crippen MR) is 318 cm³/mol. The minimum atomic E-state index is -4.97. The first-order valence-corrected chi connectivity index (χ1v) is 29.9. The third-order valence-electron chi connectivity index (χ3n) is 15.0. The van der Waals surface area contributed by atoms with Crippen LogP contribution in [0.2, 0.25) is 0 Å². The Kier molecular flexibility index (Phi) is 25.5. The van der Waals surface area contributed by atoms with Gasteiger partial charge in [-0.1, -0.05) is 12.1 Å². The van der Waals surface area contributed by atoms with Crippen molar-refractivity contribution in [2.24, 2.45) is 0 Å². The highest BCUT2D eigenvalue weighted by atomic mass is 32.1. The number of alkyl halides is 12. The van der Waals surface area contributed by atoms with Crippen LogP contribution < -0.4 is 55.0 Å². The molecule has 2 aliphatic carbocycles. The number of rotatable bonds is 21. The van der Waals surface area contributed by atoms with Gasteiger partial charge in [-0.05, 0) is 164 Å². The Balaban J connectivity index is 0.000000256. The third kappa shape index (κ3) is 25.5. The average molecular weight is 1330 g/mol. The van der Waals surface area contributed by atoms with Crippen molar-refractivity contribution in [3.63, 3.8) is 0 Å². The molecule has 5 N–H and O–H groups in total. The van der Waals surface area contributed by atoms with Gasteiger partial charge >= 0.3 is 25.4 Å². The molecule has 0 bridgehead atoms. The Bertz CT molecular complexity index is 2990. The Morgan fingerprint density at radius 3 is 1.39 bits per heavy atom. The number of likely N-dealkylation sites (N-methyl/N-ethyl adjacent to an activating group) is 2. The van der Waals surface area contributed by atoms with Crippen LogP contribution in [0.1, 0.15) is 84.9 Å². The largest absolute Gasteiger partial charge is 0.573 e. The fraction of sp³-hybridized carbons (Fsp3) is 0.525. The topological polar surface area (TPSA) is 163 Å². The number of carbonyl (C=O) groups is 2. The minimum absolute atomic E-state index is 0.0383. The van der Waals surface area contributed by atoms with Gasteiger partial charge in [-0.15, -0.1) is 52.7 Å². The fourth-order valence-corrected chi connectivity index (χ4v) is 11.0. The van der Waals surface area contributed by atoms with Gasteiger partial charge in [0.25, 0.3) is 5.91 Å². The number of hydrogen-bond acceptors (Lipinski definition) is 14. The van der Waals surface area contributed by atoms with Gasteiger partial charge in [0.2, 0.25) is 0 Å². The number of Topliss-reactive ketones (excluding diaryl/α,β-unsaturated/α-hetero) is 1. The number of nitrogens with one attached hydrogen (secondary N) is 5. The third-order valence-corrected chi connectivity index (χ3v) is 15.4. The smallest absolute Gasteiger partial charge is 0.490 e. The van der Waals surface area contributed by atoms with Crippen molar-refractivity contribution in [2.45, 2.75) is 114 Å². The number of benzene rings is 4. The first-order chi connectivity index (χ1) is 42.4. The monoisotopic (exact) mass is 1330 g/mol.